The van der Waals surface area contributed by atoms with Crippen molar-refractivity contribution in [2.75, 3.05) is 0 Å². The first kappa shape index (κ1) is 5.89. The Morgan fingerprint density at radius 3 is 3.00 bits per heavy atom. The molecule has 0 saturated carbocycles. The summed E-state index contributed by atoms with van der Waals surface area (Å²) in [7, 11) is 0. The fourth-order valence-electron chi connectivity index (χ4n) is 0.731. The predicted molar refractivity (Wildman–Crippen MR) is 39.8 cm³/mol. The second kappa shape index (κ2) is 2.35. The summed E-state index contributed by atoms with van der Waals surface area (Å²) in [6, 6.07) is 0.304. The third kappa shape index (κ3) is 1.13. The van der Waals surface area contributed by atoms with Gasteiger partial charge >= 0.3 is 0 Å². The van der Waals surface area contributed by atoms with Gasteiger partial charge in [0, 0.05) is 4.86 Å². The van der Waals surface area contributed by atoms with Crippen LogP contribution in [0.25, 0.3) is 0 Å². The fourth-order valence-corrected chi connectivity index (χ4v) is 0.910. The number of nitrogens with zero attached hydrogens (tertiary/aromatic N) is 1. The third-order valence-corrected chi connectivity index (χ3v) is 1.86. The molecule has 0 N–H and O–H groups in total. The Morgan fingerprint density at radius 2 is 2.62 bits per heavy atom. The van der Waals surface area contributed by atoms with Crippen molar-refractivity contribution in [1.82, 2.24) is 0 Å². The van der Waals surface area contributed by atoms with Crippen LogP contribution in [0.2, 0.25) is 0 Å². The summed E-state index contributed by atoms with van der Waals surface area (Å²) in [4.78, 5) is 5.25. The van der Waals surface area contributed by atoms with Crippen LogP contribution < -0.4 is 0 Å². The number of hydrogen-bond acceptors (Lipinski definition) is 2. The lowest BCUT2D eigenvalue weighted by Gasteiger charge is -2.10. The fraction of sp³-hybridized carbons (Fsp3) is 0.667. The van der Waals surface area contributed by atoms with Crippen LogP contribution >= 0.6 is 12.2 Å². The maximum absolute atomic E-state index is 5.01. The van der Waals surface area contributed by atoms with Gasteiger partial charge in [0.2, 0.25) is 0 Å². The van der Waals surface area contributed by atoms with E-state index in [1.54, 1.807) is 0 Å². The summed E-state index contributed by atoms with van der Waals surface area (Å²) >= 11 is 5.01. The summed E-state index contributed by atoms with van der Waals surface area (Å²) in [5.74, 6) is 0. The highest BCUT2D eigenvalue weighted by atomic mass is 32.1. The Bertz CT molecular complexity index is 128. The Labute approximate surface area is 54.8 Å². The van der Waals surface area contributed by atoms with Crippen molar-refractivity contribution in [3.05, 3.63) is 0 Å². The zero-order valence-electron chi connectivity index (χ0n) is 4.92. The van der Waals surface area contributed by atoms with E-state index >= 15 is 0 Å². The van der Waals surface area contributed by atoms with E-state index in [1.165, 1.54) is 0 Å². The SMILES string of the molecule is CC1N=CCCC1=S. The van der Waals surface area contributed by atoms with Gasteiger partial charge in [-0.2, -0.15) is 0 Å². The van der Waals surface area contributed by atoms with E-state index in [4.69, 9.17) is 12.2 Å². The highest BCUT2D eigenvalue weighted by Gasteiger charge is 2.07. The molecule has 0 amide bonds. The van der Waals surface area contributed by atoms with Gasteiger partial charge in [-0.1, -0.05) is 12.2 Å². The topological polar surface area (TPSA) is 12.4 Å². The van der Waals surface area contributed by atoms with Crippen molar-refractivity contribution in [2.24, 2.45) is 4.99 Å². The molecule has 0 spiro atoms. The minimum Gasteiger partial charge on any atom is -0.289 e. The lowest BCUT2D eigenvalue weighted by atomic mass is 10.1. The molecule has 1 rings (SSSR count). The molecule has 1 atom stereocenters. The Hall–Kier alpha value is -0.240. The summed E-state index contributed by atoms with van der Waals surface area (Å²) in [5, 5.41) is 0. The van der Waals surface area contributed by atoms with E-state index < -0.39 is 0 Å². The standard InChI is InChI=1S/C6H9NS/c1-5-6(8)3-2-4-7-5/h4-5H,2-3H2,1H3. The zero-order valence-corrected chi connectivity index (χ0v) is 5.74. The van der Waals surface area contributed by atoms with Gasteiger partial charge in [0.05, 0.1) is 6.04 Å². The molecule has 0 fully saturated rings. The van der Waals surface area contributed by atoms with E-state index in [9.17, 15) is 0 Å². The number of aliphatic imine (C=N–C) groups is 1. The molecule has 44 valence electrons. The molecule has 0 bridgehead atoms. The molecule has 0 radical (unpaired) electrons. The Kier molecular flexibility index (Phi) is 1.73. The van der Waals surface area contributed by atoms with Crippen LogP contribution in [0, 0.1) is 0 Å². The van der Waals surface area contributed by atoms with E-state index in [-0.39, 0.29) is 0 Å². The first-order valence-electron chi connectivity index (χ1n) is 2.85. The molecule has 0 saturated heterocycles. The van der Waals surface area contributed by atoms with Gasteiger partial charge in [-0.25, -0.2) is 0 Å². The van der Waals surface area contributed by atoms with Gasteiger partial charge in [-0.05, 0) is 26.0 Å². The lowest BCUT2D eigenvalue weighted by molar-refractivity contribution is 0.918. The normalized spacial score (nSPS) is 28.6. The summed E-state index contributed by atoms with van der Waals surface area (Å²) in [6.07, 6.45) is 4.06. The van der Waals surface area contributed by atoms with Crippen LogP contribution in [-0.2, 0) is 0 Å². The molecule has 2 heteroatoms. The van der Waals surface area contributed by atoms with Gasteiger partial charge in [0.1, 0.15) is 0 Å². The molecular formula is C6H9NS. The van der Waals surface area contributed by atoms with Crippen LogP contribution in [0.15, 0.2) is 4.99 Å². The van der Waals surface area contributed by atoms with Crippen molar-refractivity contribution < 1.29 is 0 Å². The van der Waals surface area contributed by atoms with E-state index in [2.05, 4.69) is 4.99 Å². The van der Waals surface area contributed by atoms with E-state index in [0.29, 0.717) is 6.04 Å². The molecular weight excluding hydrogens is 118 g/mol. The molecule has 0 aliphatic carbocycles. The smallest absolute Gasteiger partial charge is 0.0779 e. The van der Waals surface area contributed by atoms with Gasteiger partial charge in [0.25, 0.3) is 0 Å². The average Bonchev–Trinajstić information content (AvgIpc) is 1.77. The quantitative estimate of drug-likeness (QED) is 0.450. The second-order valence-corrected chi connectivity index (χ2v) is 2.54. The van der Waals surface area contributed by atoms with Crippen LogP contribution in [0.1, 0.15) is 19.8 Å². The molecule has 0 aromatic heterocycles. The van der Waals surface area contributed by atoms with Crippen molar-refractivity contribution in [3.8, 4) is 0 Å². The summed E-state index contributed by atoms with van der Waals surface area (Å²) in [5.41, 5.74) is 0. The van der Waals surface area contributed by atoms with Crippen LogP contribution in [-0.4, -0.2) is 17.1 Å². The highest BCUT2D eigenvalue weighted by molar-refractivity contribution is 7.80. The minimum absolute atomic E-state index is 0.304. The van der Waals surface area contributed by atoms with Crippen LogP contribution in [0.5, 0.6) is 0 Å². The molecule has 1 nitrogen and oxygen atoms in total. The molecule has 1 unspecified atom stereocenters. The molecule has 8 heavy (non-hydrogen) atoms. The Balaban J connectivity index is 2.60. The molecule has 0 aromatic rings. The second-order valence-electron chi connectivity index (χ2n) is 2.01. The maximum Gasteiger partial charge on any atom is 0.0779 e. The van der Waals surface area contributed by atoms with Crippen molar-refractivity contribution in [1.29, 1.82) is 0 Å². The lowest BCUT2D eigenvalue weighted by Crippen LogP contribution is -2.16. The Morgan fingerprint density at radius 1 is 1.88 bits per heavy atom. The molecule has 0 aromatic carbocycles. The van der Waals surface area contributed by atoms with Crippen molar-refractivity contribution in [2.45, 2.75) is 25.8 Å². The minimum atomic E-state index is 0.304. The molecule has 1 aliphatic rings. The highest BCUT2D eigenvalue weighted by Crippen LogP contribution is 2.05. The van der Waals surface area contributed by atoms with Crippen LogP contribution in [0.4, 0.5) is 0 Å². The van der Waals surface area contributed by atoms with Gasteiger partial charge in [-0.15, -0.1) is 0 Å². The average molecular weight is 127 g/mol. The zero-order chi connectivity index (χ0) is 5.98. The van der Waals surface area contributed by atoms with Crippen molar-refractivity contribution >= 4 is 23.3 Å². The number of rotatable bonds is 0. The first-order chi connectivity index (χ1) is 3.80. The monoisotopic (exact) mass is 127 g/mol. The third-order valence-electron chi connectivity index (χ3n) is 1.31. The molecule has 1 aliphatic heterocycles. The number of thiocarbonyl (C=S) groups is 1. The van der Waals surface area contributed by atoms with E-state index in [1.807, 2.05) is 13.1 Å². The van der Waals surface area contributed by atoms with E-state index in [0.717, 1.165) is 17.7 Å². The summed E-state index contributed by atoms with van der Waals surface area (Å²) < 4.78 is 0. The van der Waals surface area contributed by atoms with Crippen LogP contribution in [0.3, 0.4) is 0 Å². The van der Waals surface area contributed by atoms with Gasteiger partial charge in [0.15, 0.2) is 0 Å². The molecule has 1 heterocycles. The van der Waals surface area contributed by atoms with Gasteiger partial charge < -0.3 is 0 Å². The maximum atomic E-state index is 5.01. The first-order valence-corrected chi connectivity index (χ1v) is 3.26. The largest absolute Gasteiger partial charge is 0.289 e. The summed E-state index contributed by atoms with van der Waals surface area (Å²) in [6.45, 7) is 2.04. The van der Waals surface area contributed by atoms with Crippen molar-refractivity contribution in [3.63, 3.8) is 0 Å². The number of hydrogen-bond donors (Lipinski definition) is 0. The van der Waals surface area contributed by atoms with Gasteiger partial charge in [-0.3, -0.25) is 4.99 Å². The predicted octanol–water partition coefficient (Wildman–Crippen LogP) is 1.61.